The Hall–Kier alpha value is -0.830. The molecule has 0 saturated carbocycles. The maximum absolute atomic E-state index is 10.4. The summed E-state index contributed by atoms with van der Waals surface area (Å²) in [5.41, 5.74) is 0. The predicted octanol–water partition coefficient (Wildman–Crippen LogP) is 2.17. The third kappa shape index (κ3) is 7.80. The van der Waals surface area contributed by atoms with Gasteiger partial charge in [-0.05, 0) is 18.9 Å². The number of carbonyl (C=O) groups is 1. The SMILES string of the molecule is CC(=O)OC/C=C/CO[C@H](C)C(C)C. The number of esters is 1. The maximum Gasteiger partial charge on any atom is 0.302 e. The van der Waals surface area contributed by atoms with Crippen molar-refractivity contribution in [1.29, 1.82) is 0 Å². The van der Waals surface area contributed by atoms with Crippen LogP contribution in [-0.4, -0.2) is 25.3 Å². The standard InChI is InChI=1S/C11H20O3/c1-9(2)10(3)13-7-5-6-8-14-11(4)12/h5-6,9-10H,7-8H2,1-4H3/b6-5+/t10-/m1/s1. The van der Waals surface area contributed by atoms with Gasteiger partial charge < -0.3 is 9.47 Å². The van der Waals surface area contributed by atoms with Gasteiger partial charge in [0.15, 0.2) is 0 Å². The Morgan fingerprint density at radius 3 is 2.29 bits per heavy atom. The highest BCUT2D eigenvalue weighted by Gasteiger charge is 2.04. The summed E-state index contributed by atoms with van der Waals surface area (Å²) in [4.78, 5) is 10.4. The minimum atomic E-state index is -0.258. The maximum atomic E-state index is 10.4. The van der Waals surface area contributed by atoms with E-state index in [4.69, 9.17) is 9.47 Å². The first-order valence-corrected chi connectivity index (χ1v) is 4.94. The van der Waals surface area contributed by atoms with Gasteiger partial charge in [-0.15, -0.1) is 0 Å². The van der Waals surface area contributed by atoms with Gasteiger partial charge in [-0.1, -0.05) is 19.9 Å². The molecule has 0 bridgehead atoms. The molecule has 3 heteroatoms. The average molecular weight is 200 g/mol. The molecule has 0 aliphatic heterocycles. The Labute approximate surface area is 86.1 Å². The molecule has 0 heterocycles. The summed E-state index contributed by atoms with van der Waals surface area (Å²) in [5.74, 6) is 0.267. The molecule has 0 aliphatic rings. The smallest absolute Gasteiger partial charge is 0.302 e. The normalized spacial score (nSPS) is 13.5. The van der Waals surface area contributed by atoms with E-state index in [-0.39, 0.29) is 12.1 Å². The van der Waals surface area contributed by atoms with Crippen LogP contribution in [0.1, 0.15) is 27.7 Å². The van der Waals surface area contributed by atoms with E-state index in [1.807, 2.05) is 13.0 Å². The van der Waals surface area contributed by atoms with Crippen LogP contribution in [0.15, 0.2) is 12.2 Å². The van der Waals surface area contributed by atoms with Crippen LogP contribution in [0.25, 0.3) is 0 Å². The molecule has 0 spiro atoms. The lowest BCUT2D eigenvalue weighted by Crippen LogP contribution is -2.15. The van der Waals surface area contributed by atoms with E-state index in [1.165, 1.54) is 6.92 Å². The number of hydrogen-bond donors (Lipinski definition) is 0. The van der Waals surface area contributed by atoms with Gasteiger partial charge in [-0.3, -0.25) is 4.79 Å². The summed E-state index contributed by atoms with van der Waals surface area (Å²) < 4.78 is 10.2. The first-order chi connectivity index (χ1) is 6.54. The summed E-state index contributed by atoms with van der Waals surface area (Å²) in [6, 6.07) is 0. The molecule has 3 nitrogen and oxygen atoms in total. The number of hydrogen-bond acceptors (Lipinski definition) is 3. The minimum Gasteiger partial charge on any atom is -0.462 e. The van der Waals surface area contributed by atoms with Crippen molar-refractivity contribution in [3.8, 4) is 0 Å². The lowest BCUT2D eigenvalue weighted by molar-refractivity contribution is -0.139. The minimum absolute atomic E-state index is 0.258. The van der Waals surface area contributed by atoms with Crippen molar-refractivity contribution in [3.63, 3.8) is 0 Å². The number of carbonyl (C=O) groups excluding carboxylic acids is 1. The highest BCUT2D eigenvalue weighted by molar-refractivity contribution is 5.65. The fourth-order valence-corrected chi connectivity index (χ4v) is 0.701. The molecule has 0 rings (SSSR count). The summed E-state index contributed by atoms with van der Waals surface area (Å²) in [6.07, 6.45) is 3.91. The van der Waals surface area contributed by atoms with E-state index >= 15 is 0 Å². The Morgan fingerprint density at radius 1 is 1.21 bits per heavy atom. The Kier molecular flexibility index (Phi) is 7.11. The lowest BCUT2D eigenvalue weighted by Gasteiger charge is -2.14. The molecule has 0 aromatic heterocycles. The van der Waals surface area contributed by atoms with Crippen LogP contribution in [-0.2, 0) is 14.3 Å². The highest BCUT2D eigenvalue weighted by Crippen LogP contribution is 2.04. The second-order valence-corrected chi connectivity index (χ2v) is 3.56. The van der Waals surface area contributed by atoms with Gasteiger partial charge in [0.1, 0.15) is 6.61 Å². The first-order valence-electron chi connectivity index (χ1n) is 4.94. The Bertz CT molecular complexity index is 185. The monoisotopic (exact) mass is 200 g/mol. The van der Waals surface area contributed by atoms with Gasteiger partial charge in [0, 0.05) is 6.92 Å². The zero-order chi connectivity index (χ0) is 11.0. The van der Waals surface area contributed by atoms with Crippen LogP contribution < -0.4 is 0 Å². The lowest BCUT2D eigenvalue weighted by atomic mass is 10.1. The second kappa shape index (κ2) is 7.56. The van der Waals surface area contributed by atoms with Crippen molar-refractivity contribution < 1.29 is 14.3 Å². The van der Waals surface area contributed by atoms with E-state index in [9.17, 15) is 4.79 Å². The van der Waals surface area contributed by atoms with Gasteiger partial charge in [0.2, 0.25) is 0 Å². The van der Waals surface area contributed by atoms with Crippen molar-refractivity contribution in [2.24, 2.45) is 5.92 Å². The van der Waals surface area contributed by atoms with Crippen molar-refractivity contribution in [3.05, 3.63) is 12.2 Å². The fourth-order valence-electron chi connectivity index (χ4n) is 0.701. The molecular weight excluding hydrogens is 180 g/mol. The second-order valence-electron chi connectivity index (χ2n) is 3.56. The molecule has 0 saturated heterocycles. The third-order valence-corrected chi connectivity index (χ3v) is 1.94. The van der Waals surface area contributed by atoms with Gasteiger partial charge in [0.05, 0.1) is 12.7 Å². The van der Waals surface area contributed by atoms with E-state index in [1.54, 1.807) is 6.08 Å². The molecule has 82 valence electrons. The molecule has 0 aromatic rings. The van der Waals surface area contributed by atoms with E-state index in [2.05, 4.69) is 13.8 Å². The van der Waals surface area contributed by atoms with Crippen LogP contribution in [0.5, 0.6) is 0 Å². The topological polar surface area (TPSA) is 35.5 Å². The van der Waals surface area contributed by atoms with E-state index in [0.717, 1.165) is 0 Å². The molecule has 0 unspecified atom stereocenters. The summed E-state index contributed by atoms with van der Waals surface area (Å²) in [5, 5.41) is 0. The molecule has 0 amide bonds. The first kappa shape index (κ1) is 13.2. The van der Waals surface area contributed by atoms with Gasteiger partial charge in [-0.2, -0.15) is 0 Å². The summed E-state index contributed by atoms with van der Waals surface area (Å²) in [6.45, 7) is 8.58. The summed E-state index contributed by atoms with van der Waals surface area (Å²) >= 11 is 0. The fraction of sp³-hybridized carbons (Fsp3) is 0.727. The highest BCUT2D eigenvalue weighted by atomic mass is 16.5. The zero-order valence-corrected chi connectivity index (χ0v) is 9.45. The predicted molar refractivity (Wildman–Crippen MR) is 56.0 cm³/mol. The average Bonchev–Trinajstić information content (AvgIpc) is 2.09. The van der Waals surface area contributed by atoms with E-state index < -0.39 is 0 Å². The van der Waals surface area contributed by atoms with Crippen molar-refractivity contribution in [2.45, 2.75) is 33.8 Å². The number of ether oxygens (including phenoxy) is 2. The van der Waals surface area contributed by atoms with Crippen molar-refractivity contribution in [2.75, 3.05) is 13.2 Å². The van der Waals surface area contributed by atoms with Gasteiger partial charge in [-0.25, -0.2) is 0 Å². The van der Waals surface area contributed by atoms with Gasteiger partial charge in [0.25, 0.3) is 0 Å². The molecule has 0 N–H and O–H groups in total. The van der Waals surface area contributed by atoms with Crippen LogP contribution in [0, 0.1) is 5.92 Å². The van der Waals surface area contributed by atoms with E-state index in [0.29, 0.717) is 19.1 Å². The van der Waals surface area contributed by atoms with Gasteiger partial charge >= 0.3 is 5.97 Å². The molecule has 0 aromatic carbocycles. The van der Waals surface area contributed by atoms with Crippen LogP contribution in [0.3, 0.4) is 0 Å². The largest absolute Gasteiger partial charge is 0.462 e. The van der Waals surface area contributed by atoms with Crippen LogP contribution >= 0.6 is 0 Å². The Morgan fingerprint density at radius 2 is 1.79 bits per heavy atom. The van der Waals surface area contributed by atoms with Crippen LogP contribution in [0.2, 0.25) is 0 Å². The van der Waals surface area contributed by atoms with Crippen molar-refractivity contribution in [1.82, 2.24) is 0 Å². The quantitative estimate of drug-likeness (QED) is 0.487. The van der Waals surface area contributed by atoms with Crippen molar-refractivity contribution >= 4 is 5.97 Å². The number of rotatable bonds is 6. The Balaban J connectivity index is 3.39. The molecule has 0 fully saturated rings. The van der Waals surface area contributed by atoms with Crippen LogP contribution in [0.4, 0.5) is 0 Å². The molecule has 0 aliphatic carbocycles. The molecule has 1 atom stereocenters. The third-order valence-electron chi connectivity index (χ3n) is 1.94. The zero-order valence-electron chi connectivity index (χ0n) is 9.45. The molecule has 14 heavy (non-hydrogen) atoms. The molecular formula is C11H20O3. The molecule has 0 radical (unpaired) electrons. The summed E-state index contributed by atoms with van der Waals surface area (Å²) in [7, 11) is 0.